The average Bonchev–Trinajstić information content (AvgIpc) is 2.59. The maximum absolute atomic E-state index is 9.69. The first kappa shape index (κ1) is 17.9. The summed E-state index contributed by atoms with van der Waals surface area (Å²) in [6, 6.07) is 6.84. The van der Waals surface area contributed by atoms with Crippen LogP contribution in [0.25, 0.3) is 0 Å². The van der Waals surface area contributed by atoms with Crippen molar-refractivity contribution in [3.63, 3.8) is 0 Å². The first-order valence-corrected chi connectivity index (χ1v) is 9.94. The lowest BCUT2D eigenvalue weighted by molar-refractivity contribution is -0.105. The molecule has 1 heterocycles. The topological polar surface area (TPSA) is 29.5 Å². The number of hydrogen-bond acceptors (Lipinski definition) is 2. The predicted molar refractivity (Wildman–Crippen MR) is 99.2 cm³/mol. The summed E-state index contributed by atoms with van der Waals surface area (Å²) in [5, 5.41) is 9.69. The monoisotopic (exact) mass is 330 g/mol. The van der Waals surface area contributed by atoms with Gasteiger partial charge in [0.05, 0.1) is 19.8 Å². The molecular formula is C22H34O2. The fourth-order valence-electron chi connectivity index (χ4n) is 4.51. The van der Waals surface area contributed by atoms with Crippen molar-refractivity contribution in [2.75, 3.05) is 13.2 Å². The normalized spacial score (nSPS) is 26.1. The lowest BCUT2D eigenvalue weighted by Gasteiger charge is -2.38. The second kappa shape index (κ2) is 8.01. The summed E-state index contributed by atoms with van der Waals surface area (Å²) in [4.78, 5) is 0. The molecule has 2 aliphatic rings. The Bertz CT molecular complexity index is 525. The molecule has 0 unspecified atom stereocenters. The van der Waals surface area contributed by atoms with Crippen molar-refractivity contribution < 1.29 is 9.84 Å². The Morgan fingerprint density at radius 3 is 2.46 bits per heavy atom. The van der Waals surface area contributed by atoms with Crippen LogP contribution in [0.3, 0.4) is 0 Å². The maximum Gasteiger partial charge on any atom is 0.0684 e. The molecule has 0 aromatic heterocycles. The van der Waals surface area contributed by atoms with Crippen molar-refractivity contribution >= 4 is 0 Å². The van der Waals surface area contributed by atoms with Gasteiger partial charge in [0.1, 0.15) is 0 Å². The Morgan fingerprint density at radius 2 is 1.88 bits per heavy atom. The van der Waals surface area contributed by atoms with E-state index < -0.39 is 0 Å². The molecule has 2 nitrogen and oxygen atoms in total. The summed E-state index contributed by atoms with van der Waals surface area (Å²) in [7, 11) is 0. The molecular weight excluding hydrogens is 296 g/mol. The third kappa shape index (κ3) is 4.21. The van der Waals surface area contributed by atoms with Gasteiger partial charge >= 0.3 is 0 Å². The lowest BCUT2D eigenvalue weighted by atomic mass is 9.76. The molecule has 0 atom stereocenters. The molecule has 2 heteroatoms. The summed E-state index contributed by atoms with van der Waals surface area (Å²) in [6.45, 7) is 6.56. The van der Waals surface area contributed by atoms with Gasteiger partial charge < -0.3 is 9.84 Å². The van der Waals surface area contributed by atoms with Gasteiger partial charge in [-0.25, -0.2) is 0 Å². The minimum Gasteiger partial charge on any atom is -0.392 e. The zero-order valence-corrected chi connectivity index (χ0v) is 15.5. The lowest BCUT2D eigenvalue weighted by Crippen LogP contribution is -2.40. The van der Waals surface area contributed by atoms with Crippen LogP contribution in [0.4, 0.5) is 0 Å². The Kier molecular flexibility index (Phi) is 5.99. The molecule has 24 heavy (non-hydrogen) atoms. The molecule has 0 amide bonds. The largest absolute Gasteiger partial charge is 0.392 e. The number of aliphatic hydroxyl groups is 1. The van der Waals surface area contributed by atoms with Crippen molar-refractivity contribution in [3.8, 4) is 0 Å². The smallest absolute Gasteiger partial charge is 0.0684 e. The molecule has 0 spiro atoms. The van der Waals surface area contributed by atoms with Crippen molar-refractivity contribution in [1.29, 1.82) is 0 Å². The van der Waals surface area contributed by atoms with Gasteiger partial charge in [-0.3, -0.25) is 0 Å². The van der Waals surface area contributed by atoms with Crippen molar-refractivity contribution in [2.24, 2.45) is 11.3 Å². The van der Waals surface area contributed by atoms with Crippen LogP contribution in [0, 0.1) is 11.3 Å². The highest BCUT2D eigenvalue weighted by Crippen LogP contribution is 2.38. The van der Waals surface area contributed by atoms with Crippen LogP contribution in [0.15, 0.2) is 18.2 Å². The SMILES string of the molecule is CCCC1CCC(c2ccc(CO)c(CCC3(C)COC3)c2)CC1. The minimum absolute atomic E-state index is 0.159. The third-order valence-corrected chi connectivity index (χ3v) is 6.31. The van der Waals surface area contributed by atoms with E-state index in [0.29, 0.717) is 5.41 Å². The van der Waals surface area contributed by atoms with Crippen LogP contribution in [0.1, 0.15) is 81.4 Å². The molecule has 2 fully saturated rings. The third-order valence-electron chi connectivity index (χ3n) is 6.31. The molecule has 1 saturated heterocycles. The highest BCUT2D eigenvalue weighted by atomic mass is 16.5. The summed E-state index contributed by atoms with van der Waals surface area (Å²) in [6.07, 6.45) is 10.4. The molecule has 0 bridgehead atoms. The van der Waals surface area contributed by atoms with Crippen LogP contribution in [0.5, 0.6) is 0 Å². The molecule has 1 aliphatic carbocycles. The van der Waals surface area contributed by atoms with E-state index in [-0.39, 0.29) is 6.61 Å². The van der Waals surface area contributed by atoms with E-state index in [4.69, 9.17) is 4.74 Å². The number of benzene rings is 1. The Hall–Kier alpha value is -0.860. The maximum atomic E-state index is 9.69. The van der Waals surface area contributed by atoms with Gasteiger partial charge in [0.15, 0.2) is 0 Å². The Labute approximate surface area is 147 Å². The molecule has 134 valence electrons. The van der Waals surface area contributed by atoms with Crippen LogP contribution >= 0.6 is 0 Å². The van der Waals surface area contributed by atoms with Gasteiger partial charge in [-0.05, 0) is 67.1 Å². The first-order chi connectivity index (χ1) is 11.6. The molecule has 1 aliphatic heterocycles. The molecule has 1 aromatic carbocycles. The van der Waals surface area contributed by atoms with Gasteiger partial charge in [0, 0.05) is 5.41 Å². The minimum atomic E-state index is 0.159. The summed E-state index contributed by atoms with van der Waals surface area (Å²) >= 11 is 0. The summed E-state index contributed by atoms with van der Waals surface area (Å²) in [5.41, 5.74) is 4.33. The standard InChI is InChI=1S/C22H34O2/c1-3-4-17-5-7-18(8-6-17)19-9-10-21(14-23)20(13-19)11-12-22(2)15-24-16-22/h9-10,13,17-18,23H,3-8,11-12,14-16H2,1-2H3. The van der Waals surface area contributed by atoms with Crippen LogP contribution < -0.4 is 0 Å². The van der Waals surface area contributed by atoms with Crippen molar-refractivity contribution in [1.82, 2.24) is 0 Å². The van der Waals surface area contributed by atoms with E-state index in [1.807, 2.05) is 0 Å². The van der Waals surface area contributed by atoms with E-state index in [1.54, 1.807) is 0 Å². The van der Waals surface area contributed by atoms with E-state index in [9.17, 15) is 5.11 Å². The molecule has 0 radical (unpaired) electrons. The highest BCUT2D eigenvalue weighted by molar-refractivity contribution is 5.34. The van der Waals surface area contributed by atoms with Gasteiger partial charge in [-0.15, -0.1) is 0 Å². The predicted octanol–water partition coefficient (Wildman–Crippen LogP) is 5.22. The quantitative estimate of drug-likeness (QED) is 0.742. The number of aliphatic hydroxyl groups excluding tert-OH is 1. The number of ether oxygens (including phenoxy) is 1. The first-order valence-electron chi connectivity index (χ1n) is 9.94. The van der Waals surface area contributed by atoms with E-state index in [0.717, 1.165) is 43.5 Å². The zero-order chi connectivity index (χ0) is 17.0. The van der Waals surface area contributed by atoms with Gasteiger partial charge in [0.2, 0.25) is 0 Å². The van der Waals surface area contributed by atoms with Crippen molar-refractivity contribution in [3.05, 3.63) is 34.9 Å². The Balaban J connectivity index is 1.65. The fourth-order valence-corrected chi connectivity index (χ4v) is 4.51. The summed E-state index contributed by atoms with van der Waals surface area (Å²) in [5.74, 6) is 1.69. The van der Waals surface area contributed by atoms with Crippen LogP contribution in [-0.2, 0) is 17.8 Å². The number of hydrogen-bond donors (Lipinski definition) is 1. The van der Waals surface area contributed by atoms with Crippen LogP contribution in [0.2, 0.25) is 0 Å². The van der Waals surface area contributed by atoms with E-state index in [1.165, 1.54) is 49.7 Å². The summed E-state index contributed by atoms with van der Waals surface area (Å²) < 4.78 is 5.38. The van der Waals surface area contributed by atoms with Crippen LogP contribution in [-0.4, -0.2) is 18.3 Å². The van der Waals surface area contributed by atoms with Gasteiger partial charge in [0.25, 0.3) is 0 Å². The van der Waals surface area contributed by atoms with Gasteiger partial charge in [-0.2, -0.15) is 0 Å². The van der Waals surface area contributed by atoms with Gasteiger partial charge in [-0.1, -0.05) is 44.9 Å². The zero-order valence-electron chi connectivity index (χ0n) is 15.5. The number of rotatable bonds is 7. The fraction of sp³-hybridized carbons (Fsp3) is 0.727. The molecule has 1 saturated carbocycles. The van der Waals surface area contributed by atoms with Crippen molar-refractivity contribution in [2.45, 2.75) is 77.7 Å². The second-order valence-corrected chi connectivity index (χ2v) is 8.50. The van der Waals surface area contributed by atoms with E-state index >= 15 is 0 Å². The molecule has 3 rings (SSSR count). The molecule has 1 aromatic rings. The van der Waals surface area contributed by atoms with E-state index in [2.05, 4.69) is 32.0 Å². The average molecular weight is 331 g/mol. The number of aryl methyl sites for hydroxylation is 1. The Morgan fingerprint density at radius 1 is 1.12 bits per heavy atom. The highest BCUT2D eigenvalue weighted by Gasteiger charge is 2.33. The second-order valence-electron chi connectivity index (χ2n) is 8.50. The molecule has 1 N–H and O–H groups in total.